The molecule has 1 aromatic heterocycles. The average molecular weight is 348 g/mol. The number of rotatable bonds is 16. The molecule has 0 aliphatic heterocycles. The molecular formula is C20H32N2O3. The lowest BCUT2D eigenvalue weighted by atomic mass is 10.0. The first-order chi connectivity index (χ1) is 12.2. The van der Waals surface area contributed by atoms with Gasteiger partial charge in [0.05, 0.1) is 12.1 Å². The molecule has 0 amide bonds. The van der Waals surface area contributed by atoms with E-state index in [1.807, 2.05) is 12.1 Å². The number of hydrogen-bond donors (Lipinski definition) is 1. The zero-order valence-electron chi connectivity index (χ0n) is 15.3. The third-order valence-electron chi connectivity index (χ3n) is 4.35. The normalized spacial score (nSPS) is 10.7. The highest BCUT2D eigenvalue weighted by Gasteiger charge is 2.04. The van der Waals surface area contributed by atoms with Crippen molar-refractivity contribution in [3.63, 3.8) is 0 Å². The molecule has 0 aromatic carbocycles. The smallest absolute Gasteiger partial charge is 0.303 e. The van der Waals surface area contributed by atoms with Gasteiger partial charge in [-0.1, -0.05) is 57.8 Å². The van der Waals surface area contributed by atoms with E-state index in [4.69, 9.17) is 5.11 Å². The van der Waals surface area contributed by atoms with Crippen LogP contribution in [0.15, 0.2) is 18.3 Å². The maximum absolute atomic E-state index is 11.8. The van der Waals surface area contributed by atoms with Gasteiger partial charge in [-0.2, -0.15) is 10.2 Å². The summed E-state index contributed by atoms with van der Waals surface area (Å²) in [5, 5.41) is 16.3. The first-order valence-electron chi connectivity index (χ1n) is 9.68. The van der Waals surface area contributed by atoms with Crippen LogP contribution in [0.4, 0.5) is 0 Å². The van der Waals surface area contributed by atoms with Gasteiger partial charge in [0.2, 0.25) is 0 Å². The number of carboxylic acids is 1. The fraction of sp³-hybridized carbons (Fsp3) is 0.700. The molecule has 0 spiro atoms. The summed E-state index contributed by atoms with van der Waals surface area (Å²) in [6.45, 7) is 0. The van der Waals surface area contributed by atoms with Crippen molar-refractivity contribution in [2.24, 2.45) is 0 Å². The number of aromatic nitrogens is 2. The van der Waals surface area contributed by atoms with Gasteiger partial charge in [0.15, 0.2) is 0 Å². The van der Waals surface area contributed by atoms with Gasteiger partial charge in [-0.05, 0) is 25.0 Å². The lowest BCUT2D eigenvalue weighted by Gasteiger charge is -2.03. The third kappa shape index (κ3) is 13.2. The Morgan fingerprint density at radius 2 is 1.32 bits per heavy atom. The molecular weight excluding hydrogens is 316 g/mol. The molecule has 0 unspecified atom stereocenters. The molecule has 1 heterocycles. The summed E-state index contributed by atoms with van der Waals surface area (Å²) >= 11 is 0. The van der Waals surface area contributed by atoms with Crippen molar-refractivity contribution >= 4 is 11.8 Å². The number of carboxylic acid groups (broad SMARTS) is 1. The Hall–Kier alpha value is -1.78. The fourth-order valence-corrected chi connectivity index (χ4v) is 2.91. The van der Waals surface area contributed by atoms with Crippen molar-refractivity contribution in [1.82, 2.24) is 10.2 Å². The van der Waals surface area contributed by atoms with Gasteiger partial charge < -0.3 is 5.11 Å². The molecule has 1 aromatic rings. The van der Waals surface area contributed by atoms with E-state index in [9.17, 15) is 9.59 Å². The van der Waals surface area contributed by atoms with Gasteiger partial charge in [0.25, 0.3) is 0 Å². The highest BCUT2D eigenvalue weighted by Crippen LogP contribution is 2.13. The molecule has 0 aliphatic rings. The van der Waals surface area contributed by atoms with Crippen LogP contribution in [0.1, 0.15) is 89.2 Å². The van der Waals surface area contributed by atoms with Crippen molar-refractivity contribution in [3.8, 4) is 0 Å². The summed E-state index contributed by atoms with van der Waals surface area (Å²) in [4.78, 5) is 22.2. The Bertz CT molecular complexity index is 477. The van der Waals surface area contributed by atoms with Crippen molar-refractivity contribution in [1.29, 1.82) is 0 Å². The second-order valence-electron chi connectivity index (χ2n) is 6.71. The van der Waals surface area contributed by atoms with Gasteiger partial charge in [-0.15, -0.1) is 0 Å². The van der Waals surface area contributed by atoms with Crippen LogP contribution in [0.2, 0.25) is 0 Å². The lowest BCUT2D eigenvalue weighted by molar-refractivity contribution is -0.137. The van der Waals surface area contributed by atoms with E-state index >= 15 is 0 Å². The van der Waals surface area contributed by atoms with Crippen molar-refractivity contribution in [2.45, 2.75) is 89.9 Å². The summed E-state index contributed by atoms with van der Waals surface area (Å²) in [6, 6.07) is 3.66. The zero-order valence-corrected chi connectivity index (χ0v) is 15.3. The number of nitrogens with zero attached hydrogens (tertiary/aromatic N) is 2. The van der Waals surface area contributed by atoms with E-state index in [2.05, 4.69) is 10.2 Å². The van der Waals surface area contributed by atoms with E-state index in [-0.39, 0.29) is 5.78 Å². The minimum Gasteiger partial charge on any atom is -0.481 e. The molecule has 25 heavy (non-hydrogen) atoms. The molecule has 0 atom stereocenters. The molecule has 5 heteroatoms. The Labute approximate surface area is 151 Å². The number of hydrogen-bond acceptors (Lipinski definition) is 4. The van der Waals surface area contributed by atoms with Gasteiger partial charge in [0.1, 0.15) is 5.78 Å². The molecule has 0 fully saturated rings. The van der Waals surface area contributed by atoms with Gasteiger partial charge >= 0.3 is 5.97 Å². The van der Waals surface area contributed by atoms with Crippen LogP contribution >= 0.6 is 0 Å². The third-order valence-corrected chi connectivity index (χ3v) is 4.35. The summed E-state index contributed by atoms with van der Waals surface area (Å²) in [7, 11) is 0. The minimum atomic E-state index is -0.685. The van der Waals surface area contributed by atoms with E-state index in [1.165, 1.54) is 38.5 Å². The van der Waals surface area contributed by atoms with Crippen LogP contribution in [-0.4, -0.2) is 27.1 Å². The molecule has 0 radical (unpaired) electrons. The maximum Gasteiger partial charge on any atom is 0.303 e. The second kappa shape index (κ2) is 14.6. The first kappa shape index (κ1) is 21.3. The van der Waals surface area contributed by atoms with Crippen molar-refractivity contribution in [3.05, 3.63) is 24.0 Å². The van der Waals surface area contributed by atoms with Crippen LogP contribution in [0.5, 0.6) is 0 Å². The molecule has 5 nitrogen and oxygen atoms in total. The number of unbranched alkanes of at least 4 members (excludes halogenated alkanes) is 10. The van der Waals surface area contributed by atoms with Crippen LogP contribution in [0, 0.1) is 0 Å². The summed E-state index contributed by atoms with van der Waals surface area (Å²) < 4.78 is 0. The van der Waals surface area contributed by atoms with Gasteiger partial charge in [-0.25, -0.2) is 0 Å². The summed E-state index contributed by atoms with van der Waals surface area (Å²) in [5.74, 6) is -0.432. The number of Topliss-reactive ketones (excluding diaryl/α,β-unsaturated/α-hetero) is 1. The number of carbonyl (C=O) groups excluding carboxylic acids is 1. The predicted molar refractivity (Wildman–Crippen MR) is 98.4 cm³/mol. The first-order valence-corrected chi connectivity index (χ1v) is 9.68. The molecule has 0 aliphatic carbocycles. The van der Waals surface area contributed by atoms with E-state index in [1.54, 1.807) is 6.20 Å². The number of ketones is 1. The highest BCUT2D eigenvalue weighted by molar-refractivity contribution is 5.80. The summed E-state index contributed by atoms with van der Waals surface area (Å²) in [6.07, 6.45) is 15.5. The van der Waals surface area contributed by atoms with E-state index in [0.717, 1.165) is 37.8 Å². The number of carbonyl (C=O) groups is 2. The minimum absolute atomic E-state index is 0.253. The van der Waals surface area contributed by atoms with Crippen LogP contribution in [-0.2, 0) is 16.0 Å². The molecule has 140 valence electrons. The SMILES string of the molecule is O=C(O)CCCCCCCCCCCCCC(=O)Cc1cccnn1. The maximum atomic E-state index is 11.8. The molecule has 0 bridgehead atoms. The molecule has 1 N–H and O–H groups in total. The molecule has 0 saturated heterocycles. The van der Waals surface area contributed by atoms with Crippen LogP contribution < -0.4 is 0 Å². The Morgan fingerprint density at radius 3 is 1.80 bits per heavy atom. The van der Waals surface area contributed by atoms with Crippen LogP contribution in [0.25, 0.3) is 0 Å². The topological polar surface area (TPSA) is 80.1 Å². The standard InChI is InChI=1S/C20H32N2O3/c23-19(17-18-13-12-16-21-22-18)14-10-8-6-4-2-1-3-5-7-9-11-15-20(24)25/h12-13,16H,1-11,14-15,17H2,(H,24,25). The van der Waals surface area contributed by atoms with Gasteiger partial charge in [-0.3, -0.25) is 9.59 Å². The Kier molecular flexibility index (Phi) is 12.4. The lowest BCUT2D eigenvalue weighted by Crippen LogP contribution is -2.04. The Balaban J connectivity index is 1.81. The zero-order chi connectivity index (χ0) is 18.2. The monoisotopic (exact) mass is 348 g/mol. The average Bonchev–Trinajstić information content (AvgIpc) is 2.59. The highest BCUT2D eigenvalue weighted by atomic mass is 16.4. The number of aliphatic carboxylic acids is 1. The quantitative estimate of drug-likeness (QED) is 0.436. The largest absolute Gasteiger partial charge is 0.481 e. The second-order valence-corrected chi connectivity index (χ2v) is 6.71. The van der Waals surface area contributed by atoms with Gasteiger partial charge in [0, 0.05) is 19.0 Å². The van der Waals surface area contributed by atoms with Crippen molar-refractivity contribution in [2.75, 3.05) is 0 Å². The predicted octanol–water partition coefficient (Wildman–Crippen LogP) is 4.74. The molecule has 0 saturated carbocycles. The van der Waals surface area contributed by atoms with Crippen molar-refractivity contribution < 1.29 is 14.7 Å². The van der Waals surface area contributed by atoms with E-state index in [0.29, 0.717) is 19.3 Å². The summed E-state index contributed by atoms with van der Waals surface area (Å²) in [5.41, 5.74) is 0.760. The van der Waals surface area contributed by atoms with Crippen LogP contribution in [0.3, 0.4) is 0 Å². The fourth-order valence-electron chi connectivity index (χ4n) is 2.91. The molecule has 1 rings (SSSR count). The Morgan fingerprint density at radius 1 is 0.800 bits per heavy atom. The van der Waals surface area contributed by atoms with E-state index < -0.39 is 5.97 Å².